The third-order valence-corrected chi connectivity index (χ3v) is 5.56. The van der Waals surface area contributed by atoms with E-state index in [4.69, 9.17) is 4.98 Å². The molecule has 1 aliphatic rings. The monoisotopic (exact) mass is 295 g/mol. The van der Waals surface area contributed by atoms with Crippen molar-refractivity contribution in [3.05, 3.63) is 11.1 Å². The molecule has 1 fully saturated rings. The average molecular weight is 295 g/mol. The van der Waals surface area contributed by atoms with Crippen molar-refractivity contribution in [1.82, 2.24) is 10.3 Å². The van der Waals surface area contributed by atoms with E-state index in [1.54, 1.807) is 11.3 Å². The highest BCUT2D eigenvalue weighted by Gasteiger charge is 2.35. The minimum absolute atomic E-state index is 0.529. The maximum Gasteiger partial charge on any atom is 0.185 e. The second-order valence-corrected chi connectivity index (χ2v) is 7.36. The van der Waals surface area contributed by atoms with Gasteiger partial charge in [0.15, 0.2) is 5.13 Å². The number of nitrogens with zero attached hydrogens (tertiary/aromatic N) is 2. The first kappa shape index (κ1) is 15.8. The molecule has 0 radical (unpaired) electrons. The Morgan fingerprint density at radius 3 is 2.75 bits per heavy atom. The van der Waals surface area contributed by atoms with Crippen LogP contribution in [0.25, 0.3) is 0 Å². The summed E-state index contributed by atoms with van der Waals surface area (Å²) < 4.78 is 0. The average Bonchev–Trinajstić information content (AvgIpc) is 3.05. The van der Waals surface area contributed by atoms with Crippen LogP contribution >= 0.6 is 11.3 Å². The second kappa shape index (κ2) is 6.90. The number of aromatic nitrogens is 1. The molecule has 0 amide bonds. The van der Waals surface area contributed by atoms with Crippen LogP contribution in [0.1, 0.15) is 52.7 Å². The fraction of sp³-hybridized carbons (Fsp3) is 0.812. The van der Waals surface area contributed by atoms with Crippen molar-refractivity contribution in [2.24, 2.45) is 11.3 Å². The zero-order valence-corrected chi connectivity index (χ0v) is 14.2. The van der Waals surface area contributed by atoms with Gasteiger partial charge in [-0.2, -0.15) is 0 Å². The number of anilines is 1. The Morgan fingerprint density at radius 2 is 2.15 bits per heavy atom. The lowest BCUT2D eigenvalue weighted by Crippen LogP contribution is -2.26. The lowest BCUT2D eigenvalue weighted by atomic mass is 9.82. The summed E-state index contributed by atoms with van der Waals surface area (Å²) in [5.41, 5.74) is 1.72. The highest BCUT2D eigenvalue weighted by Crippen LogP contribution is 2.39. The van der Waals surface area contributed by atoms with Crippen molar-refractivity contribution in [1.29, 1.82) is 0 Å². The summed E-state index contributed by atoms with van der Waals surface area (Å²) in [6.45, 7) is 13.4. The SMILES string of the molecule is CCC1(CC)CCN(c2nc(CNCC(C)C)cs2)C1. The molecule has 0 spiro atoms. The first-order valence-electron chi connectivity index (χ1n) is 7.98. The van der Waals surface area contributed by atoms with Crippen LogP contribution in [0.5, 0.6) is 0 Å². The van der Waals surface area contributed by atoms with E-state index in [1.165, 1.54) is 43.2 Å². The normalized spacial score (nSPS) is 18.1. The van der Waals surface area contributed by atoms with E-state index in [9.17, 15) is 0 Å². The zero-order valence-electron chi connectivity index (χ0n) is 13.4. The highest BCUT2D eigenvalue weighted by molar-refractivity contribution is 7.13. The number of nitrogens with one attached hydrogen (secondary N) is 1. The van der Waals surface area contributed by atoms with Gasteiger partial charge in [0.2, 0.25) is 0 Å². The summed E-state index contributed by atoms with van der Waals surface area (Å²) in [4.78, 5) is 7.29. The fourth-order valence-corrected chi connectivity index (χ4v) is 3.79. The molecule has 0 unspecified atom stereocenters. The first-order chi connectivity index (χ1) is 9.58. The topological polar surface area (TPSA) is 28.2 Å². The molecule has 1 aromatic rings. The Morgan fingerprint density at radius 1 is 1.40 bits per heavy atom. The van der Waals surface area contributed by atoms with Crippen LogP contribution in [0.2, 0.25) is 0 Å². The molecule has 2 heterocycles. The lowest BCUT2D eigenvalue weighted by molar-refractivity contribution is 0.301. The second-order valence-electron chi connectivity index (χ2n) is 6.52. The van der Waals surface area contributed by atoms with E-state index < -0.39 is 0 Å². The number of hydrogen-bond acceptors (Lipinski definition) is 4. The van der Waals surface area contributed by atoms with Crippen molar-refractivity contribution >= 4 is 16.5 Å². The Hall–Kier alpha value is -0.610. The standard InChI is InChI=1S/C16H29N3S/c1-5-16(6-2)7-8-19(12-16)15-18-14(11-20-15)10-17-9-13(3)4/h11,13,17H,5-10,12H2,1-4H3. The van der Waals surface area contributed by atoms with Gasteiger partial charge in [-0.1, -0.05) is 27.7 Å². The van der Waals surface area contributed by atoms with Gasteiger partial charge in [0.1, 0.15) is 0 Å². The number of rotatable bonds is 7. The van der Waals surface area contributed by atoms with Crippen LogP contribution in [0.4, 0.5) is 5.13 Å². The van der Waals surface area contributed by atoms with Gasteiger partial charge in [0.05, 0.1) is 5.69 Å². The van der Waals surface area contributed by atoms with Gasteiger partial charge >= 0.3 is 0 Å². The van der Waals surface area contributed by atoms with Crippen LogP contribution in [0, 0.1) is 11.3 Å². The first-order valence-corrected chi connectivity index (χ1v) is 8.86. The van der Waals surface area contributed by atoms with E-state index in [1.807, 2.05) is 0 Å². The third kappa shape index (κ3) is 3.73. The third-order valence-electron chi connectivity index (χ3n) is 4.61. The predicted molar refractivity (Wildman–Crippen MR) is 88.5 cm³/mol. The van der Waals surface area contributed by atoms with Crippen molar-refractivity contribution in [2.75, 3.05) is 24.5 Å². The summed E-state index contributed by atoms with van der Waals surface area (Å²) in [6, 6.07) is 0. The summed E-state index contributed by atoms with van der Waals surface area (Å²) in [7, 11) is 0. The molecule has 4 heteroatoms. The molecular formula is C16H29N3S. The fourth-order valence-electron chi connectivity index (χ4n) is 2.94. The molecule has 1 aromatic heterocycles. The van der Waals surface area contributed by atoms with E-state index in [0.29, 0.717) is 11.3 Å². The van der Waals surface area contributed by atoms with Gasteiger partial charge in [-0.05, 0) is 37.1 Å². The molecule has 114 valence electrons. The minimum Gasteiger partial charge on any atom is -0.348 e. The molecule has 1 N–H and O–H groups in total. The molecule has 0 atom stereocenters. The van der Waals surface area contributed by atoms with Gasteiger partial charge in [-0.15, -0.1) is 11.3 Å². The quantitative estimate of drug-likeness (QED) is 0.827. The van der Waals surface area contributed by atoms with Crippen molar-refractivity contribution in [3.8, 4) is 0 Å². The zero-order chi connectivity index (χ0) is 14.6. The van der Waals surface area contributed by atoms with Crippen molar-refractivity contribution in [2.45, 2.75) is 53.5 Å². The molecule has 0 bridgehead atoms. The maximum atomic E-state index is 4.81. The van der Waals surface area contributed by atoms with Gasteiger partial charge < -0.3 is 10.2 Å². The summed E-state index contributed by atoms with van der Waals surface area (Å²) >= 11 is 1.80. The van der Waals surface area contributed by atoms with Crippen LogP contribution in [0.15, 0.2) is 5.38 Å². The molecule has 3 nitrogen and oxygen atoms in total. The summed E-state index contributed by atoms with van der Waals surface area (Å²) in [5.74, 6) is 0.696. The Balaban J connectivity index is 1.90. The van der Waals surface area contributed by atoms with Crippen molar-refractivity contribution in [3.63, 3.8) is 0 Å². The van der Waals surface area contributed by atoms with E-state index >= 15 is 0 Å². The molecule has 2 rings (SSSR count). The van der Waals surface area contributed by atoms with Crippen LogP contribution in [-0.4, -0.2) is 24.6 Å². The Bertz CT molecular complexity index is 410. The molecule has 0 saturated carbocycles. The molecule has 20 heavy (non-hydrogen) atoms. The van der Waals surface area contributed by atoms with Crippen LogP contribution in [0.3, 0.4) is 0 Å². The minimum atomic E-state index is 0.529. The number of hydrogen-bond donors (Lipinski definition) is 1. The van der Waals surface area contributed by atoms with Gasteiger partial charge in [-0.3, -0.25) is 0 Å². The lowest BCUT2D eigenvalue weighted by Gasteiger charge is -2.26. The van der Waals surface area contributed by atoms with Crippen LogP contribution in [-0.2, 0) is 6.54 Å². The van der Waals surface area contributed by atoms with E-state index in [-0.39, 0.29) is 0 Å². The largest absolute Gasteiger partial charge is 0.348 e. The summed E-state index contributed by atoms with van der Waals surface area (Å²) in [5, 5.41) is 6.90. The van der Waals surface area contributed by atoms with E-state index in [2.05, 4.69) is 43.3 Å². The van der Waals surface area contributed by atoms with Crippen LogP contribution < -0.4 is 10.2 Å². The van der Waals surface area contributed by atoms with Gasteiger partial charge in [0.25, 0.3) is 0 Å². The maximum absolute atomic E-state index is 4.81. The predicted octanol–water partition coefficient (Wildman–Crippen LogP) is 3.91. The number of thiazole rings is 1. The van der Waals surface area contributed by atoms with Gasteiger partial charge in [-0.25, -0.2) is 4.98 Å². The van der Waals surface area contributed by atoms with E-state index in [0.717, 1.165) is 13.1 Å². The summed E-state index contributed by atoms with van der Waals surface area (Å²) in [6.07, 6.45) is 3.89. The highest BCUT2D eigenvalue weighted by atomic mass is 32.1. The smallest absolute Gasteiger partial charge is 0.185 e. The Labute approximate surface area is 127 Å². The van der Waals surface area contributed by atoms with Gasteiger partial charge in [0, 0.05) is 25.0 Å². The molecular weight excluding hydrogens is 266 g/mol. The molecule has 1 saturated heterocycles. The molecule has 0 aliphatic carbocycles. The Kier molecular flexibility index (Phi) is 5.44. The molecule has 1 aliphatic heterocycles. The molecule has 0 aromatic carbocycles. The van der Waals surface area contributed by atoms with Crippen molar-refractivity contribution < 1.29 is 0 Å².